The lowest BCUT2D eigenvalue weighted by atomic mass is 10.2. The molecule has 0 spiro atoms. The molecule has 0 radical (unpaired) electrons. The Labute approximate surface area is 148 Å². The number of rotatable bonds is 6. The average molecular weight is 339 g/mol. The van der Waals surface area contributed by atoms with Crippen molar-refractivity contribution in [2.75, 3.05) is 44.2 Å². The summed E-state index contributed by atoms with van der Waals surface area (Å²) < 4.78 is 19.6. The number of halogens is 1. The maximum absolute atomic E-state index is 13.8. The first-order valence-corrected chi connectivity index (χ1v) is 8.61. The molecule has 0 atom stereocenters. The standard InChI is InChI=1S/C20H22FN3O/c21-19-7-1-2-8-20(19)24-12-10-23(11-13-24)9-4-14-25-18-6-3-5-17(15-18)16-22/h1-3,5-8,15H,4,9-14H2. The van der Waals surface area contributed by atoms with Gasteiger partial charge in [0.2, 0.25) is 0 Å². The summed E-state index contributed by atoms with van der Waals surface area (Å²) in [5.74, 6) is 0.590. The maximum atomic E-state index is 13.8. The van der Waals surface area contributed by atoms with Crippen LogP contribution < -0.4 is 9.64 Å². The van der Waals surface area contributed by atoms with Gasteiger partial charge in [0.15, 0.2) is 0 Å². The smallest absolute Gasteiger partial charge is 0.146 e. The van der Waals surface area contributed by atoms with Gasteiger partial charge in [0.05, 0.1) is 23.9 Å². The number of nitrogens with zero attached hydrogens (tertiary/aromatic N) is 3. The Morgan fingerprint density at radius 2 is 1.84 bits per heavy atom. The molecule has 1 heterocycles. The third-order valence-corrected chi connectivity index (χ3v) is 4.42. The molecule has 0 unspecified atom stereocenters. The van der Waals surface area contributed by atoms with Crippen molar-refractivity contribution in [3.05, 3.63) is 59.9 Å². The van der Waals surface area contributed by atoms with Crippen LogP contribution in [0.25, 0.3) is 0 Å². The normalized spacial score (nSPS) is 15.0. The van der Waals surface area contributed by atoms with Crippen LogP contribution in [0.4, 0.5) is 10.1 Å². The predicted octanol–water partition coefficient (Wildman–Crippen LogP) is 3.29. The highest BCUT2D eigenvalue weighted by Crippen LogP contribution is 2.20. The van der Waals surface area contributed by atoms with Gasteiger partial charge >= 0.3 is 0 Å². The van der Waals surface area contributed by atoms with Crippen molar-refractivity contribution in [1.82, 2.24) is 4.90 Å². The van der Waals surface area contributed by atoms with E-state index < -0.39 is 0 Å². The second-order valence-electron chi connectivity index (χ2n) is 6.12. The molecule has 5 heteroatoms. The number of benzene rings is 2. The molecule has 0 amide bonds. The summed E-state index contributed by atoms with van der Waals surface area (Å²) >= 11 is 0. The molecule has 2 aromatic rings. The summed E-state index contributed by atoms with van der Waals surface area (Å²) in [4.78, 5) is 4.49. The van der Waals surface area contributed by atoms with Gasteiger partial charge in [-0.05, 0) is 36.8 Å². The van der Waals surface area contributed by atoms with Crippen LogP contribution in [0.15, 0.2) is 48.5 Å². The summed E-state index contributed by atoms with van der Waals surface area (Å²) in [5, 5.41) is 8.89. The zero-order valence-electron chi connectivity index (χ0n) is 14.2. The van der Waals surface area contributed by atoms with Crippen LogP contribution in [-0.2, 0) is 0 Å². The van der Waals surface area contributed by atoms with Crippen molar-refractivity contribution in [3.8, 4) is 11.8 Å². The van der Waals surface area contributed by atoms with Gasteiger partial charge in [0.25, 0.3) is 0 Å². The Bertz CT molecular complexity index is 736. The maximum Gasteiger partial charge on any atom is 0.146 e. The molecule has 0 bridgehead atoms. The van der Waals surface area contributed by atoms with E-state index in [1.165, 1.54) is 6.07 Å². The van der Waals surface area contributed by atoms with Gasteiger partial charge in [0, 0.05) is 32.7 Å². The zero-order chi connectivity index (χ0) is 17.5. The molecule has 1 saturated heterocycles. The fraction of sp³-hybridized carbons (Fsp3) is 0.350. The van der Waals surface area contributed by atoms with Crippen LogP contribution in [-0.4, -0.2) is 44.2 Å². The highest BCUT2D eigenvalue weighted by atomic mass is 19.1. The van der Waals surface area contributed by atoms with Gasteiger partial charge in [0.1, 0.15) is 11.6 Å². The SMILES string of the molecule is N#Cc1cccc(OCCCN2CCN(c3ccccc3F)CC2)c1. The van der Waals surface area contributed by atoms with Gasteiger partial charge in [-0.2, -0.15) is 5.26 Å². The molecule has 1 fully saturated rings. The Kier molecular flexibility index (Phi) is 5.86. The van der Waals surface area contributed by atoms with E-state index >= 15 is 0 Å². The van der Waals surface area contributed by atoms with Gasteiger partial charge < -0.3 is 9.64 Å². The molecule has 2 aromatic carbocycles. The summed E-state index contributed by atoms with van der Waals surface area (Å²) in [7, 11) is 0. The van der Waals surface area contributed by atoms with Crippen molar-refractivity contribution < 1.29 is 9.13 Å². The molecule has 25 heavy (non-hydrogen) atoms. The largest absolute Gasteiger partial charge is 0.494 e. The van der Waals surface area contributed by atoms with E-state index in [1.54, 1.807) is 18.2 Å². The van der Waals surface area contributed by atoms with Crippen molar-refractivity contribution in [2.45, 2.75) is 6.42 Å². The lowest BCUT2D eigenvalue weighted by Crippen LogP contribution is -2.47. The topological polar surface area (TPSA) is 39.5 Å². The molecule has 130 valence electrons. The third kappa shape index (κ3) is 4.71. The average Bonchev–Trinajstić information content (AvgIpc) is 2.66. The van der Waals surface area contributed by atoms with Crippen LogP contribution in [0, 0.1) is 17.1 Å². The Hall–Kier alpha value is -2.58. The molecule has 0 saturated carbocycles. The predicted molar refractivity (Wildman–Crippen MR) is 96.3 cm³/mol. The molecule has 0 aromatic heterocycles. The molecule has 0 aliphatic carbocycles. The van der Waals surface area contributed by atoms with E-state index in [2.05, 4.69) is 15.9 Å². The van der Waals surface area contributed by atoms with Crippen molar-refractivity contribution in [3.63, 3.8) is 0 Å². The van der Waals surface area contributed by atoms with Crippen LogP contribution in [0.2, 0.25) is 0 Å². The minimum absolute atomic E-state index is 0.149. The number of para-hydroxylation sites is 1. The summed E-state index contributed by atoms with van der Waals surface area (Å²) in [6, 6.07) is 16.3. The first kappa shape index (κ1) is 17.2. The van der Waals surface area contributed by atoms with Crippen LogP contribution in [0.1, 0.15) is 12.0 Å². The zero-order valence-corrected chi connectivity index (χ0v) is 14.2. The first-order valence-electron chi connectivity index (χ1n) is 8.61. The molecule has 4 nitrogen and oxygen atoms in total. The Morgan fingerprint density at radius 1 is 1.04 bits per heavy atom. The van der Waals surface area contributed by atoms with Gasteiger partial charge in [-0.1, -0.05) is 18.2 Å². The lowest BCUT2D eigenvalue weighted by Gasteiger charge is -2.36. The number of anilines is 1. The van der Waals surface area contributed by atoms with Gasteiger partial charge in [-0.25, -0.2) is 4.39 Å². The minimum atomic E-state index is -0.149. The molecule has 0 N–H and O–H groups in total. The highest BCUT2D eigenvalue weighted by molar-refractivity contribution is 5.48. The van der Waals surface area contributed by atoms with Crippen LogP contribution in [0.3, 0.4) is 0 Å². The van der Waals surface area contributed by atoms with E-state index in [0.717, 1.165) is 44.9 Å². The molecule has 1 aliphatic rings. The van der Waals surface area contributed by atoms with E-state index in [1.807, 2.05) is 24.3 Å². The van der Waals surface area contributed by atoms with E-state index in [0.29, 0.717) is 17.9 Å². The summed E-state index contributed by atoms with van der Waals surface area (Å²) in [6.45, 7) is 5.12. The summed E-state index contributed by atoms with van der Waals surface area (Å²) in [5.41, 5.74) is 1.31. The van der Waals surface area contributed by atoms with Crippen LogP contribution >= 0.6 is 0 Å². The van der Waals surface area contributed by atoms with E-state index in [4.69, 9.17) is 10.00 Å². The first-order chi connectivity index (χ1) is 12.3. The highest BCUT2D eigenvalue weighted by Gasteiger charge is 2.18. The second-order valence-corrected chi connectivity index (χ2v) is 6.12. The fourth-order valence-electron chi connectivity index (χ4n) is 3.05. The summed E-state index contributed by atoms with van der Waals surface area (Å²) in [6.07, 6.45) is 0.927. The Morgan fingerprint density at radius 3 is 2.60 bits per heavy atom. The van der Waals surface area contributed by atoms with Gasteiger partial charge in [-0.3, -0.25) is 4.90 Å². The minimum Gasteiger partial charge on any atom is -0.494 e. The van der Waals surface area contributed by atoms with E-state index in [9.17, 15) is 4.39 Å². The fourth-order valence-corrected chi connectivity index (χ4v) is 3.05. The molecule has 3 rings (SSSR count). The van der Waals surface area contributed by atoms with E-state index in [-0.39, 0.29) is 5.82 Å². The van der Waals surface area contributed by atoms with Gasteiger partial charge in [-0.15, -0.1) is 0 Å². The number of piperazine rings is 1. The van der Waals surface area contributed by atoms with Crippen molar-refractivity contribution in [1.29, 1.82) is 5.26 Å². The molecule has 1 aliphatic heterocycles. The number of nitriles is 1. The number of ether oxygens (including phenoxy) is 1. The van der Waals surface area contributed by atoms with Crippen LogP contribution in [0.5, 0.6) is 5.75 Å². The quantitative estimate of drug-likeness (QED) is 0.757. The Balaban J connectivity index is 1.38. The van der Waals surface area contributed by atoms with Crippen molar-refractivity contribution >= 4 is 5.69 Å². The van der Waals surface area contributed by atoms with Crippen molar-refractivity contribution in [2.24, 2.45) is 0 Å². The number of hydrogen-bond acceptors (Lipinski definition) is 4. The second kappa shape index (κ2) is 8.50. The number of hydrogen-bond donors (Lipinski definition) is 0. The monoisotopic (exact) mass is 339 g/mol. The third-order valence-electron chi connectivity index (χ3n) is 4.42. The lowest BCUT2D eigenvalue weighted by molar-refractivity contribution is 0.224. The molecular formula is C20H22FN3O. The molecular weight excluding hydrogens is 317 g/mol.